The summed E-state index contributed by atoms with van der Waals surface area (Å²) in [5, 5.41) is 12.5. The van der Waals surface area contributed by atoms with E-state index in [2.05, 4.69) is 22.1 Å². The molecule has 205 valence electrons. The third-order valence-corrected chi connectivity index (χ3v) is 4.75. The Morgan fingerprint density at radius 2 is 0.974 bits per heavy atom. The van der Waals surface area contributed by atoms with Crippen LogP contribution in [0.25, 0.3) is 22.5 Å². The molecule has 0 saturated heterocycles. The molecule has 0 N–H and O–H groups in total. The summed E-state index contributed by atoms with van der Waals surface area (Å²) >= 11 is 0. The third kappa shape index (κ3) is 10.2. The van der Waals surface area contributed by atoms with E-state index in [-0.39, 0.29) is 31.2 Å². The Hall–Kier alpha value is -4.31. The summed E-state index contributed by atoms with van der Waals surface area (Å²) in [6.07, 6.45) is 3.17. The summed E-state index contributed by atoms with van der Waals surface area (Å²) in [5.74, 6) is -2.60. The minimum Gasteiger partial charge on any atom is -0.512 e. The van der Waals surface area contributed by atoms with Crippen molar-refractivity contribution >= 4 is 11.4 Å². The minimum atomic E-state index is -0.659. The van der Waals surface area contributed by atoms with Crippen molar-refractivity contribution in [1.82, 2.24) is 9.97 Å². The van der Waals surface area contributed by atoms with E-state index in [1.807, 2.05) is 50.1 Å². The maximum Gasteiger partial charge on any atom is 0.0408 e. The van der Waals surface area contributed by atoms with Gasteiger partial charge in [-0.05, 0) is 23.5 Å². The zero-order valence-corrected chi connectivity index (χ0v) is 23.7. The first-order chi connectivity index (χ1) is 18.2. The third-order valence-electron chi connectivity index (χ3n) is 4.75. The maximum absolute atomic E-state index is 13.5. The fourth-order valence-corrected chi connectivity index (χ4v) is 2.95. The number of anilines is 2. The van der Waals surface area contributed by atoms with Gasteiger partial charge in [-0.2, -0.15) is 0 Å². The second-order valence-electron chi connectivity index (χ2n) is 7.67. The molecular weight excluding hydrogens is 689 g/mol. The van der Waals surface area contributed by atoms with Crippen molar-refractivity contribution in [2.24, 2.45) is 0 Å². The predicted octanol–water partition coefficient (Wildman–Crippen LogP) is 5.98. The Morgan fingerprint density at radius 3 is 1.26 bits per heavy atom. The molecule has 2 aromatic carbocycles. The monoisotopic (exact) mass is 711 g/mol. The molecule has 0 atom stereocenters. The van der Waals surface area contributed by atoms with Crippen LogP contribution in [-0.2, 0) is 20.1 Å². The van der Waals surface area contributed by atoms with Gasteiger partial charge in [-0.3, -0.25) is 17.6 Å². The van der Waals surface area contributed by atoms with E-state index in [9.17, 15) is 17.6 Å². The van der Waals surface area contributed by atoms with Gasteiger partial charge in [0.15, 0.2) is 0 Å². The van der Waals surface area contributed by atoms with Crippen LogP contribution < -0.4 is 9.80 Å². The van der Waals surface area contributed by atoms with Crippen molar-refractivity contribution in [3.05, 3.63) is 109 Å². The van der Waals surface area contributed by atoms with Crippen molar-refractivity contribution in [3.8, 4) is 22.5 Å². The van der Waals surface area contributed by atoms with E-state index in [0.717, 1.165) is 35.6 Å². The quantitative estimate of drug-likeness (QED) is 0.192. The first-order valence-electron chi connectivity index (χ1n) is 10.6. The van der Waals surface area contributed by atoms with Crippen molar-refractivity contribution in [2.45, 2.75) is 0 Å². The Morgan fingerprint density at radius 1 is 0.641 bits per heavy atom. The molecule has 0 aliphatic carbocycles. The van der Waals surface area contributed by atoms with Gasteiger partial charge in [-0.1, -0.05) is 35.4 Å². The first-order valence-corrected chi connectivity index (χ1v) is 10.6. The summed E-state index contributed by atoms with van der Waals surface area (Å²) in [7, 11) is 7.52. The van der Waals surface area contributed by atoms with Crippen molar-refractivity contribution < 1.29 is 37.7 Å². The number of aromatic nitrogens is 2. The first kappa shape index (κ1) is 34.7. The van der Waals surface area contributed by atoms with Crippen LogP contribution in [0.1, 0.15) is 0 Å². The molecule has 0 fully saturated rings. The van der Waals surface area contributed by atoms with E-state index in [4.69, 9.17) is 23.7 Å². The number of hydrogen-bond donors (Lipinski definition) is 0. The molecule has 4 rings (SSSR count). The zero-order chi connectivity index (χ0) is 28.8. The fraction of sp³-hybridized carbons (Fsp3) is 0.143. The molecule has 0 amide bonds. The van der Waals surface area contributed by atoms with Crippen LogP contribution in [0.4, 0.5) is 28.9 Å². The standard InChI is InChI=1S/2C13H11F2N2.2CN.Ir/c2*1-17(2)10-5-6-16-13(8-10)11-4-3-9(14)7-12(11)15;2*1-2;/h2*3,5-8H,1-2H3;;;/q4*-1;. The number of hydrogen-bond acceptors (Lipinski definition) is 6. The van der Waals surface area contributed by atoms with Gasteiger partial charge in [0.1, 0.15) is 0 Å². The van der Waals surface area contributed by atoms with Gasteiger partial charge < -0.3 is 43.4 Å². The van der Waals surface area contributed by atoms with Crippen molar-refractivity contribution in [3.63, 3.8) is 0 Å². The van der Waals surface area contributed by atoms with Crippen LogP contribution in [0.5, 0.6) is 0 Å². The van der Waals surface area contributed by atoms with Crippen LogP contribution in [-0.4, -0.2) is 38.2 Å². The number of pyridine rings is 2. The van der Waals surface area contributed by atoms with Gasteiger partial charge in [-0.25, -0.2) is 0 Å². The Bertz CT molecular complexity index is 1270. The minimum absolute atomic E-state index is 0. The molecule has 0 aliphatic heterocycles. The van der Waals surface area contributed by atoms with E-state index >= 15 is 0 Å². The molecule has 6 nitrogen and oxygen atoms in total. The summed E-state index contributed by atoms with van der Waals surface area (Å²) in [6, 6.07) is 16.0. The molecule has 0 unspecified atom stereocenters. The van der Waals surface area contributed by atoms with Gasteiger partial charge in [0, 0.05) is 95.3 Å². The molecule has 11 heteroatoms. The van der Waals surface area contributed by atoms with E-state index < -0.39 is 23.3 Å². The fourth-order valence-electron chi connectivity index (χ4n) is 2.95. The van der Waals surface area contributed by atoms with Gasteiger partial charge in [-0.15, -0.1) is 24.3 Å². The molecule has 2 aromatic heterocycles. The topological polar surface area (TPSA) is 79.8 Å². The Kier molecular flexibility index (Phi) is 15.3. The Labute approximate surface area is 239 Å². The smallest absolute Gasteiger partial charge is 0.0408 e. The number of benzene rings is 2. The normalized spacial score (nSPS) is 9.13. The second kappa shape index (κ2) is 17.2. The molecule has 39 heavy (non-hydrogen) atoms. The summed E-state index contributed by atoms with van der Waals surface area (Å²) in [6.45, 7) is 9.50. The molecule has 0 aliphatic rings. The SMILES string of the molecule is CN(C)c1ccnc(-c2[c-]cc(F)cc2F)c1.CN(C)c1ccnc(-c2[c-]cc(F)cc2F)c1.[C-]#N.[C-]#N.[Ir]. The molecular formula is C28H22F4IrN6-4. The molecule has 0 saturated carbocycles. The van der Waals surface area contributed by atoms with Crippen LogP contribution in [0.2, 0.25) is 0 Å². The molecule has 1 radical (unpaired) electrons. The van der Waals surface area contributed by atoms with Crippen LogP contribution in [0, 0.1) is 59.1 Å². The average Bonchev–Trinajstić information content (AvgIpc) is 2.91. The maximum atomic E-state index is 13.5. The summed E-state index contributed by atoms with van der Waals surface area (Å²) < 4.78 is 52.6. The molecule has 0 bridgehead atoms. The Balaban J connectivity index is 0.000000642. The predicted molar refractivity (Wildman–Crippen MR) is 135 cm³/mol. The largest absolute Gasteiger partial charge is 0.512 e. The second-order valence-corrected chi connectivity index (χ2v) is 7.67. The van der Waals surface area contributed by atoms with Crippen molar-refractivity contribution in [1.29, 1.82) is 10.5 Å². The number of nitrogens with zero attached hydrogens (tertiary/aromatic N) is 6. The van der Waals surface area contributed by atoms with Gasteiger partial charge in [0.25, 0.3) is 0 Å². The number of halogens is 4. The van der Waals surface area contributed by atoms with E-state index in [1.54, 1.807) is 24.5 Å². The zero-order valence-electron chi connectivity index (χ0n) is 21.3. The van der Waals surface area contributed by atoms with Crippen LogP contribution in [0.3, 0.4) is 0 Å². The van der Waals surface area contributed by atoms with Crippen LogP contribution in [0.15, 0.2) is 60.9 Å². The van der Waals surface area contributed by atoms with Gasteiger partial charge in [0.05, 0.1) is 0 Å². The number of rotatable bonds is 4. The van der Waals surface area contributed by atoms with Gasteiger partial charge >= 0.3 is 0 Å². The molecule has 2 heterocycles. The van der Waals surface area contributed by atoms with E-state index in [1.165, 1.54) is 0 Å². The molecule has 4 aromatic rings. The molecule has 0 spiro atoms. The summed E-state index contributed by atoms with van der Waals surface area (Å²) in [4.78, 5) is 11.9. The van der Waals surface area contributed by atoms with Crippen LogP contribution >= 0.6 is 0 Å². The van der Waals surface area contributed by atoms with E-state index in [0.29, 0.717) is 11.4 Å². The average molecular weight is 711 g/mol. The van der Waals surface area contributed by atoms with Crippen molar-refractivity contribution in [2.75, 3.05) is 38.0 Å². The summed E-state index contributed by atoms with van der Waals surface area (Å²) in [5.41, 5.74) is 3.02. The van der Waals surface area contributed by atoms with Gasteiger partial charge in [0.2, 0.25) is 0 Å².